The van der Waals surface area contributed by atoms with Crippen molar-refractivity contribution < 1.29 is 14.3 Å². The fourth-order valence-electron chi connectivity index (χ4n) is 3.30. The van der Waals surface area contributed by atoms with Crippen LogP contribution >= 0.6 is 0 Å². The lowest BCUT2D eigenvalue weighted by molar-refractivity contribution is -0.136. The first-order valence-corrected chi connectivity index (χ1v) is 8.71. The smallest absolute Gasteiger partial charge is 0.313 e. The number of nitrogens with one attached hydrogen (secondary N) is 2. The Morgan fingerprint density at radius 3 is 2.50 bits per heavy atom. The number of hydrogen-bond acceptors (Lipinski definition) is 4. The minimum absolute atomic E-state index is 0.0692. The van der Waals surface area contributed by atoms with Gasteiger partial charge in [0.05, 0.1) is 6.10 Å². The maximum absolute atomic E-state index is 12.0. The largest absolute Gasteiger partial charge is 0.377 e. The summed E-state index contributed by atoms with van der Waals surface area (Å²) >= 11 is 0. The molecule has 1 aromatic rings. The fourth-order valence-corrected chi connectivity index (χ4v) is 3.30. The number of piperidine rings is 1. The van der Waals surface area contributed by atoms with Crippen LogP contribution in [0.1, 0.15) is 25.7 Å². The summed E-state index contributed by atoms with van der Waals surface area (Å²) in [7, 11) is 0. The summed E-state index contributed by atoms with van der Waals surface area (Å²) in [6.07, 6.45) is 4.42. The molecule has 2 heterocycles. The van der Waals surface area contributed by atoms with E-state index in [4.69, 9.17) is 4.74 Å². The van der Waals surface area contributed by atoms with E-state index >= 15 is 0 Å². The number of amides is 2. The molecule has 2 aliphatic rings. The van der Waals surface area contributed by atoms with Crippen LogP contribution < -0.4 is 10.6 Å². The van der Waals surface area contributed by atoms with E-state index in [0.29, 0.717) is 11.8 Å². The molecule has 2 N–H and O–H groups in total. The average Bonchev–Trinajstić information content (AvgIpc) is 3.10. The summed E-state index contributed by atoms with van der Waals surface area (Å²) in [5.41, 5.74) is 0.629. The Morgan fingerprint density at radius 1 is 1.08 bits per heavy atom. The first-order chi connectivity index (χ1) is 11.7. The van der Waals surface area contributed by atoms with Crippen LogP contribution in [0.2, 0.25) is 0 Å². The van der Waals surface area contributed by atoms with Gasteiger partial charge in [0.15, 0.2) is 0 Å². The van der Waals surface area contributed by atoms with Gasteiger partial charge in [0.1, 0.15) is 0 Å². The molecule has 0 aliphatic carbocycles. The van der Waals surface area contributed by atoms with Crippen LogP contribution in [0, 0.1) is 0 Å². The Bertz CT molecular complexity index is 550. The lowest BCUT2D eigenvalue weighted by Crippen LogP contribution is -2.48. The third kappa shape index (κ3) is 4.79. The van der Waals surface area contributed by atoms with Gasteiger partial charge < -0.3 is 20.3 Å². The van der Waals surface area contributed by atoms with E-state index in [1.54, 1.807) is 12.1 Å². The lowest BCUT2D eigenvalue weighted by Gasteiger charge is -2.33. The predicted octanol–water partition coefficient (Wildman–Crippen LogP) is 1.38. The maximum Gasteiger partial charge on any atom is 0.313 e. The molecule has 1 unspecified atom stereocenters. The van der Waals surface area contributed by atoms with E-state index in [-0.39, 0.29) is 6.04 Å². The highest BCUT2D eigenvalue weighted by atomic mass is 16.5. The Balaban J connectivity index is 1.38. The van der Waals surface area contributed by atoms with Gasteiger partial charge in [-0.2, -0.15) is 0 Å². The van der Waals surface area contributed by atoms with Gasteiger partial charge in [0.25, 0.3) is 0 Å². The van der Waals surface area contributed by atoms with Gasteiger partial charge in [0.2, 0.25) is 0 Å². The van der Waals surface area contributed by atoms with E-state index in [9.17, 15) is 9.59 Å². The first-order valence-electron chi connectivity index (χ1n) is 8.71. The van der Waals surface area contributed by atoms with Crippen molar-refractivity contribution in [1.29, 1.82) is 0 Å². The molecule has 1 atom stereocenters. The molecule has 1 aromatic carbocycles. The summed E-state index contributed by atoms with van der Waals surface area (Å²) in [4.78, 5) is 26.3. The van der Waals surface area contributed by atoms with Gasteiger partial charge in [-0.3, -0.25) is 9.59 Å². The molecule has 0 aromatic heterocycles. The second-order valence-electron chi connectivity index (χ2n) is 6.50. The molecule has 2 fully saturated rings. The van der Waals surface area contributed by atoms with Crippen molar-refractivity contribution in [2.75, 3.05) is 31.6 Å². The number of hydrogen-bond donors (Lipinski definition) is 2. The highest BCUT2D eigenvalue weighted by Crippen LogP contribution is 2.17. The normalized spacial score (nSPS) is 22.2. The van der Waals surface area contributed by atoms with Crippen molar-refractivity contribution in [1.82, 2.24) is 10.2 Å². The number of anilines is 1. The first kappa shape index (κ1) is 16.9. The number of carbonyl (C=O) groups is 2. The van der Waals surface area contributed by atoms with Crippen LogP contribution in [0.5, 0.6) is 0 Å². The zero-order chi connectivity index (χ0) is 16.8. The number of carbonyl (C=O) groups excluding carboxylic acids is 2. The van der Waals surface area contributed by atoms with E-state index in [1.165, 1.54) is 0 Å². The number of nitrogens with zero attached hydrogens (tertiary/aromatic N) is 1. The zero-order valence-corrected chi connectivity index (χ0v) is 13.9. The second-order valence-corrected chi connectivity index (χ2v) is 6.50. The molecule has 2 aliphatic heterocycles. The van der Waals surface area contributed by atoms with Gasteiger partial charge in [0, 0.05) is 38.0 Å². The van der Waals surface area contributed by atoms with Gasteiger partial charge in [-0.25, -0.2) is 0 Å². The average molecular weight is 331 g/mol. The number of rotatable bonds is 4. The van der Waals surface area contributed by atoms with Gasteiger partial charge >= 0.3 is 11.8 Å². The Hall–Kier alpha value is -1.92. The van der Waals surface area contributed by atoms with Crippen LogP contribution in [0.3, 0.4) is 0 Å². The molecule has 3 rings (SSSR count). The summed E-state index contributed by atoms with van der Waals surface area (Å²) in [6, 6.07) is 9.08. The molecule has 0 saturated carbocycles. The summed E-state index contributed by atoms with van der Waals surface area (Å²) in [5.74, 6) is -1.17. The third-order valence-electron chi connectivity index (χ3n) is 4.65. The van der Waals surface area contributed by atoms with E-state index in [0.717, 1.165) is 51.9 Å². The molecular formula is C18H25N3O3. The van der Waals surface area contributed by atoms with E-state index in [1.807, 2.05) is 18.2 Å². The molecular weight excluding hydrogens is 306 g/mol. The number of likely N-dealkylation sites (tertiary alicyclic amines) is 1. The topological polar surface area (TPSA) is 70.7 Å². The van der Waals surface area contributed by atoms with Crippen LogP contribution in [0.4, 0.5) is 5.69 Å². The summed E-state index contributed by atoms with van der Waals surface area (Å²) < 4.78 is 5.67. The molecule has 6 nitrogen and oxygen atoms in total. The maximum atomic E-state index is 12.0. The molecule has 6 heteroatoms. The van der Waals surface area contributed by atoms with E-state index in [2.05, 4.69) is 15.5 Å². The third-order valence-corrected chi connectivity index (χ3v) is 4.65. The van der Waals surface area contributed by atoms with Crippen LogP contribution in [-0.2, 0) is 14.3 Å². The highest BCUT2D eigenvalue weighted by Gasteiger charge is 2.26. The lowest BCUT2D eigenvalue weighted by atomic mass is 10.0. The van der Waals surface area contributed by atoms with Crippen LogP contribution in [-0.4, -0.2) is 55.1 Å². The standard InChI is InChI=1S/C18H25N3O3/c22-17(19-14-5-2-1-3-6-14)18(23)20-15-8-10-21(11-9-15)13-16-7-4-12-24-16/h1-3,5-6,15-16H,4,7-13H2,(H,19,22)(H,20,23). The van der Waals surface area contributed by atoms with E-state index < -0.39 is 11.8 Å². The van der Waals surface area contributed by atoms with Crippen molar-refractivity contribution in [2.24, 2.45) is 0 Å². The Morgan fingerprint density at radius 2 is 1.83 bits per heavy atom. The minimum atomic E-state index is -0.608. The SMILES string of the molecule is O=C(Nc1ccccc1)C(=O)NC1CCN(CC2CCCO2)CC1. The molecule has 24 heavy (non-hydrogen) atoms. The highest BCUT2D eigenvalue weighted by molar-refractivity contribution is 6.39. The Labute approximate surface area is 142 Å². The molecule has 0 radical (unpaired) electrons. The fraction of sp³-hybridized carbons (Fsp3) is 0.556. The van der Waals surface area contributed by atoms with Crippen molar-refractivity contribution in [3.05, 3.63) is 30.3 Å². The minimum Gasteiger partial charge on any atom is -0.377 e. The van der Waals surface area contributed by atoms with Crippen molar-refractivity contribution in [3.63, 3.8) is 0 Å². The molecule has 130 valence electrons. The summed E-state index contributed by atoms with van der Waals surface area (Å²) in [6.45, 7) is 3.74. The van der Waals surface area contributed by atoms with Crippen LogP contribution in [0.15, 0.2) is 30.3 Å². The number of ether oxygens (including phenoxy) is 1. The van der Waals surface area contributed by atoms with Crippen molar-refractivity contribution in [3.8, 4) is 0 Å². The van der Waals surface area contributed by atoms with Crippen molar-refractivity contribution >= 4 is 17.5 Å². The van der Waals surface area contributed by atoms with Gasteiger partial charge in [-0.1, -0.05) is 18.2 Å². The zero-order valence-electron chi connectivity index (χ0n) is 13.9. The Kier molecular flexibility index (Phi) is 5.82. The molecule has 0 spiro atoms. The molecule has 2 saturated heterocycles. The molecule has 0 bridgehead atoms. The molecule has 2 amide bonds. The monoisotopic (exact) mass is 331 g/mol. The van der Waals surface area contributed by atoms with Crippen LogP contribution in [0.25, 0.3) is 0 Å². The predicted molar refractivity (Wildman–Crippen MR) is 91.7 cm³/mol. The number of benzene rings is 1. The van der Waals surface area contributed by atoms with Crippen molar-refractivity contribution in [2.45, 2.75) is 37.8 Å². The second kappa shape index (κ2) is 8.26. The number of para-hydroxylation sites is 1. The quantitative estimate of drug-likeness (QED) is 0.818. The van der Waals surface area contributed by atoms with Gasteiger partial charge in [-0.05, 0) is 37.8 Å². The van der Waals surface area contributed by atoms with Gasteiger partial charge in [-0.15, -0.1) is 0 Å². The summed E-state index contributed by atoms with van der Waals surface area (Å²) in [5, 5.41) is 5.45.